The summed E-state index contributed by atoms with van der Waals surface area (Å²) >= 11 is 0. The molecule has 0 bridgehead atoms. The molecular formula is C15H18N2O. The highest BCUT2D eigenvalue weighted by Gasteiger charge is 2.14. The molecule has 1 unspecified atom stereocenters. The first kappa shape index (κ1) is 12.6. The van der Waals surface area contributed by atoms with Crippen molar-refractivity contribution in [3.05, 3.63) is 58.9 Å². The van der Waals surface area contributed by atoms with Crippen LogP contribution in [0, 0.1) is 13.8 Å². The van der Waals surface area contributed by atoms with Crippen LogP contribution < -0.4 is 10.5 Å². The Hall–Kier alpha value is -1.87. The maximum Gasteiger partial charge on any atom is 0.119 e. The van der Waals surface area contributed by atoms with Gasteiger partial charge in [-0.15, -0.1) is 0 Å². The Morgan fingerprint density at radius 2 is 1.94 bits per heavy atom. The first-order valence-electron chi connectivity index (χ1n) is 5.95. The van der Waals surface area contributed by atoms with Crippen LogP contribution in [0.1, 0.15) is 28.4 Å². The SMILES string of the molecule is COc1ccc(C(N)c2ncccc2C)c(C)c1. The summed E-state index contributed by atoms with van der Waals surface area (Å²) in [6, 6.07) is 9.69. The predicted molar refractivity (Wildman–Crippen MR) is 72.7 cm³/mol. The molecule has 0 aliphatic rings. The molecule has 2 aromatic rings. The van der Waals surface area contributed by atoms with Gasteiger partial charge in [-0.25, -0.2) is 0 Å². The van der Waals surface area contributed by atoms with Crippen LogP contribution >= 0.6 is 0 Å². The molecule has 1 heterocycles. The summed E-state index contributed by atoms with van der Waals surface area (Å²) in [4.78, 5) is 4.38. The zero-order valence-corrected chi connectivity index (χ0v) is 11.0. The number of pyridine rings is 1. The number of aryl methyl sites for hydroxylation is 2. The van der Waals surface area contributed by atoms with Gasteiger partial charge in [-0.2, -0.15) is 0 Å². The van der Waals surface area contributed by atoms with Gasteiger partial charge in [0.2, 0.25) is 0 Å². The minimum atomic E-state index is -0.197. The number of hydrogen-bond acceptors (Lipinski definition) is 3. The lowest BCUT2D eigenvalue weighted by Gasteiger charge is -2.16. The molecule has 0 radical (unpaired) electrons. The molecule has 0 fully saturated rings. The topological polar surface area (TPSA) is 48.1 Å². The molecule has 1 aromatic carbocycles. The van der Waals surface area contributed by atoms with Gasteiger partial charge in [0.15, 0.2) is 0 Å². The first-order chi connectivity index (χ1) is 8.63. The number of benzene rings is 1. The van der Waals surface area contributed by atoms with E-state index in [1.54, 1.807) is 13.3 Å². The van der Waals surface area contributed by atoms with Crippen LogP contribution in [0.25, 0.3) is 0 Å². The van der Waals surface area contributed by atoms with Gasteiger partial charge in [0.25, 0.3) is 0 Å². The third-order valence-corrected chi connectivity index (χ3v) is 3.16. The normalized spacial score (nSPS) is 12.2. The Labute approximate surface area is 108 Å². The number of nitrogens with zero attached hydrogens (tertiary/aromatic N) is 1. The molecule has 2 N–H and O–H groups in total. The van der Waals surface area contributed by atoms with Gasteiger partial charge in [0.1, 0.15) is 5.75 Å². The fourth-order valence-electron chi connectivity index (χ4n) is 2.09. The fraction of sp³-hybridized carbons (Fsp3) is 0.267. The van der Waals surface area contributed by atoms with E-state index in [1.807, 2.05) is 44.2 Å². The van der Waals surface area contributed by atoms with E-state index in [9.17, 15) is 0 Å². The number of methoxy groups -OCH3 is 1. The first-order valence-corrected chi connectivity index (χ1v) is 5.95. The highest BCUT2D eigenvalue weighted by Crippen LogP contribution is 2.26. The van der Waals surface area contributed by atoms with Crippen molar-refractivity contribution in [2.75, 3.05) is 7.11 Å². The molecule has 0 spiro atoms. The van der Waals surface area contributed by atoms with Crippen LogP contribution in [0.2, 0.25) is 0 Å². The zero-order chi connectivity index (χ0) is 13.1. The maximum atomic E-state index is 6.31. The predicted octanol–water partition coefficient (Wildman–Crippen LogP) is 2.76. The number of ether oxygens (including phenoxy) is 1. The third-order valence-electron chi connectivity index (χ3n) is 3.16. The van der Waals surface area contributed by atoms with Gasteiger partial charge in [-0.3, -0.25) is 4.98 Å². The largest absolute Gasteiger partial charge is 0.497 e. The quantitative estimate of drug-likeness (QED) is 0.900. The summed E-state index contributed by atoms with van der Waals surface area (Å²) in [7, 11) is 1.66. The van der Waals surface area contributed by atoms with Crippen molar-refractivity contribution in [1.29, 1.82) is 0 Å². The van der Waals surface area contributed by atoms with Gasteiger partial charge >= 0.3 is 0 Å². The average Bonchev–Trinajstić information content (AvgIpc) is 2.38. The van der Waals surface area contributed by atoms with Crippen molar-refractivity contribution in [3.8, 4) is 5.75 Å². The van der Waals surface area contributed by atoms with E-state index in [-0.39, 0.29) is 6.04 Å². The maximum absolute atomic E-state index is 6.31. The van der Waals surface area contributed by atoms with E-state index in [2.05, 4.69) is 4.98 Å². The smallest absolute Gasteiger partial charge is 0.119 e. The van der Waals surface area contributed by atoms with Crippen LogP contribution in [-0.2, 0) is 0 Å². The average molecular weight is 242 g/mol. The van der Waals surface area contributed by atoms with Crippen LogP contribution in [0.4, 0.5) is 0 Å². The minimum absolute atomic E-state index is 0.197. The molecule has 0 saturated carbocycles. The lowest BCUT2D eigenvalue weighted by Crippen LogP contribution is -2.16. The highest BCUT2D eigenvalue weighted by molar-refractivity contribution is 5.40. The number of hydrogen-bond donors (Lipinski definition) is 1. The molecule has 0 amide bonds. The molecule has 3 heteroatoms. The van der Waals surface area contributed by atoms with E-state index in [0.29, 0.717) is 0 Å². The van der Waals surface area contributed by atoms with Gasteiger partial charge in [-0.1, -0.05) is 12.1 Å². The highest BCUT2D eigenvalue weighted by atomic mass is 16.5. The molecule has 94 valence electrons. The Balaban J connectivity index is 2.40. The summed E-state index contributed by atoms with van der Waals surface area (Å²) in [5.74, 6) is 0.848. The zero-order valence-electron chi connectivity index (χ0n) is 11.0. The molecule has 1 aromatic heterocycles. The van der Waals surface area contributed by atoms with Gasteiger partial charge in [0.05, 0.1) is 18.8 Å². The molecule has 2 rings (SSSR count). The van der Waals surface area contributed by atoms with Crippen molar-refractivity contribution in [2.45, 2.75) is 19.9 Å². The summed E-state index contributed by atoms with van der Waals surface area (Å²) in [5.41, 5.74) is 10.5. The number of nitrogens with two attached hydrogens (primary N) is 1. The summed E-state index contributed by atoms with van der Waals surface area (Å²) in [6.45, 7) is 4.07. The number of rotatable bonds is 3. The van der Waals surface area contributed by atoms with E-state index >= 15 is 0 Å². The molecule has 1 atom stereocenters. The Morgan fingerprint density at radius 3 is 2.56 bits per heavy atom. The van der Waals surface area contributed by atoms with Gasteiger partial charge in [-0.05, 0) is 48.7 Å². The summed E-state index contributed by atoms with van der Waals surface area (Å²) in [6.07, 6.45) is 1.78. The molecule has 0 saturated heterocycles. The van der Waals surface area contributed by atoms with Gasteiger partial charge < -0.3 is 10.5 Å². The molecule has 18 heavy (non-hydrogen) atoms. The Morgan fingerprint density at radius 1 is 1.17 bits per heavy atom. The fourth-order valence-corrected chi connectivity index (χ4v) is 2.09. The number of aromatic nitrogens is 1. The minimum Gasteiger partial charge on any atom is -0.497 e. The summed E-state index contributed by atoms with van der Waals surface area (Å²) in [5, 5.41) is 0. The van der Waals surface area contributed by atoms with Crippen LogP contribution in [0.5, 0.6) is 5.75 Å². The van der Waals surface area contributed by atoms with E-state index in [0.717, 1.165) is 28.1 Å². The van der Waals surface area contributed by atoms with E-state index in [1.165, 1.54) is 0 Å². The Bertz CT molecular complexity index is 552. The molecule has 3 nitrogen and oxygen atoms in total. The van der Waals surface area contributed by atoms with Crippen LogP contribution in [0.3, 0.4) is 0 Å². The standard InChI is InChI=1S/C15H18N2O/c1-10-5-4-8-17-15(10)14(16)13-7-6-12(18-3)9-11(13)2/h4-9,14H,16H2,1-3H3. The van der Waals surface area contributed by atoms with Crippen molar-refractivity contribution in [1.82, 2.24) is 4.98 Å². The molecule has 0 aliphatic carbocycles. The lowest BCUT2D eigenvalue weighted by molar-refractivity contribution is 0.414. The second kappa shape index (κ2) is 5.19. The second-order valence-corrected chi connectivity index (χ2v) is 4.41. The van der Waals surface area contributed by atoms with Crippen LogP contribution in [-0.4, -0.2) is 12.1 Å². The van der Waals surface area contributed by atoms with Crippen molar-refractivity contribution >= 4 is 0 Å². The van der Waals surface area contributed by atoms with E-state index < -0.39 is 0 Å². The monoisotopic (exact) mass is 242 g/mol. The van der Waals surface area contributed by atoms with Crippen molar-refractivity contribution < 1.29 is 4.74 Å². The lowest BCUT2D eigenvalue weighted by atomic mass is 9.96. The second-order valence-electron chi connectivity index (χ2n) is 4.41. The van der Waals surface area contributed by atoms with Gasteiger partial charge in [0, 0.05) is 6.20 Å². The third kappa shape index (κ3) is 2.36. The molecule has 0 aliphatic heterocycles. The molecular weight excluding hydrogens is 224 g/mol. The van der Waals surface area contributed by atoms with E-state index in [4.69, 9.17) is 10.5 Å². The Kier molecular flexibility index (Phi) is 3.63. The van der Waals surface area contributed by atoms with Crippen molar-refractivity contribution in [3.63, 3.8) is 0 Å². The van der Waals surface area contributed by atoms with Crippen LogP contribution in [0.15, 0.2) is 36.5 Å². The summed E-state index contributed by atoms with van der Waals surface area (Å²) < 4.78 is 5.20. The van der Waals surface area contributed by atoms with Crippen molar-refractivity contribution in [2.24, 2.45) is 5.73 Å².